The van der Waals surface area contributed by atoms with Crippen molar-refractivity contribution in [1.82, 2.24) is 4.98 Å². The molecule has 2 N–H and O–H groups in total. The fourth-order valence-corrected chi connectivity index (χ4v) is 2.26. The second kappa shape index (κ2) is 6.66. The first-order valence-electron chi connectivity index (χ1n) is 6.77. The molecule has 0 atom stereocenters. The zero-order chi connectivity index (χ0) is 16.3. The third kappa shape index (κ3) is 3.31. The summed E-state index contributed by atoms with van der Waals surface area (Å²) in [4.78, 5) is 15.8. The molecule has 1 aromatic heterocycles. The van der Waals surface area contributed by atoms with Crippen molar-refractivity contribution < 1.29 is 14.6 Å². The lowest BCUT2D eigenvalue weighted by Gasteiger charge is -2.15. The molecule has 0 unspecified atom stereocenters. The molecule has 0 saturated heterocycles. The topological polar surface area (TPSA) is 71.5 Å². The van der Waals surface area contributed by atoms with Gasteiger partial charge in [-0.05, 0) is 30.2 Å². The monoisotopic (exact) mass is 320 g/mol. The van der Waals surface area contributed by atoms with Gasteiger partial charge in [0.2, 0.25) is 0 Å². The largest absolute Gasteiger partial charge is 0.493 e. The average Bonchev–Trinajstić information content (AvgIpc) is 2.47. The Labute approximate surface area is 133 Å². The molecule has 5 nitrogen and oxygen atoms in total. The predicted molar refractivity (Wildman–Crippen MR) is 86.6 cm³/mol. The highest BCUT2D eigenvalue weighted by atomic mass is 35.5. The van der Waals surface area contributed by atoms with Gasteiger partial charge in [-0.25, -0.2) is 9.78 Å². The Kier molecular flexibility index (Phi) is 4.88. The van der Waals surface area contributed by atoms with E-state index in [2.05, 4.69) is 10.3 Å². The van der Waals surface area contributed by atoms with Crippen molar-refractivity contribution in [1.29, 1.82) is 0 Å². The number of hydrogen-bond donors (Lipinski definition) is 2. The van der Waals surface area contributed by atoms with Crippen LogP contribution < -0.4 is 10.1 Å². The van der Waals surface area contributed by atoms with Crippen LogP contribution in [0.15, 0.2) is 30.3 Å². The number of nitrogens with one attached hydrogen (secondary N) is 1. The number of aromatic nitrogens is 1. The third-order valence-electron chi connectivity index (χ3n) is 3.16. The number of hydrogen-bond acceptors (Lipinski definition) is 4. The number of nitrogens with zero attached hydrogens (tertiary/aromatic N) is 1. The summed E-state index contributed by atoms with van der Waals surface area (Å²) in [6.07, 6.45) is 0. The summed E-state index contributed by atoms with van der Waals surface area (Å²) in [5.41, 5.74) is 1.45. The Balaban J connectivity index is 2.50. The maximum atomic E-state index is 11.4. The molecule has 6 heteroatoms. The van der Waals surface area contributed by atoms with Crippen molar-refractivity contribution in [3.05, 3.63) is 46.6 Å². The molecule has 2 rings (SSSR count). The van der Waals surface area contributed by atoms with Gasteiger partial charge < -0.3 is 15.2 Å². The van der Waals surface area contributed by atoms with Gasteiger partial charge in [0, 0.05) is 5.69 Å². The summed E-state index contributed by atoms with van der Waals surface area (Å²) in [5, 5.41) is 12.8. The first-order chi connectivity index (χ1) is 10.4. The number of methoxy groups -OCH3 is 1. The number of aromatic carboxylic acids is 1. The molecule has 0 bridgehead atoms. The summed E-state index contributed by atoms with van der Waals surface area (Å²) in [6.45, 7) is 3.99. The van der Waals surface area contributed by atoms with Crippen LogP contribution in [0.25, 0.3) is 0 Å². The maximum Gasteiger partial charge on any atom is 0.339 e. The fraction of sp³-hybridized carbons (Fsp3) is 0.250. The third-order valence-corrected chi connectivity index (χ3v) is 3.46. The SMILES string of the molecule is COc1c(Cl)cccc1Nc1nc(C(C)C)ccc1C(=O)O. The lowest BCUT2D eigenvalue weighted by atomic mass is 10.1. The number of rotatable bonds is 5. The van der Waals surface area contributed by atoms with Crippen molar-refractivity contribution in [3.8, 4) is 5.75 Å². The molecule has 0 saturated carbocycles. The molecule has 0 aliphatic heterocycles. The average molecular weight is 321 g/mol. The van der Waals surface area contributed by atoms with E-state index in [1.807, 2.05) is 13.8 Å². The van der Waals surface area contributed by atoms with E-state index < -0.39 is 5.97 Å². The van der Waals surface area contributed by atoms with Gasteiger partial charge in [-0.15, -0.1) is 0 Å². The van der Waals surface area contributed by atoms with E-state index in [0.29, 0.717) is 16.5 Å². The van der Waals surface area contributed by atoms with Crippen molar-refractivity contribution in [2.45, 2.75) is 19.8 Å². The Morgan fingerprint density at radius 2 is 2.05 bits per heavy atom. The summed E-state index contributed by atoms with van der Waals surface area (Å²) in [6, 6.07) is 8.46. The number of carbonyl (C=O) groups is 1. The minimum atomic E-state index is -1.05. The van der Waals surface area contributed by atoms with Crippen LogP contribution in [0.2, 0.25) is 5.02 Å². The summed E-state index contributed by atoms with van der Waals surface area (Å²) >= 11 is 6.08. The van der Waals surface area contributed by atoms with Crippen molar-refractivity contribution in [2.75, 3.05) is 12.4 Å². The Bertz CT molecular complexity index is 702. The van der Waals surface area contributed by atoms with Crippen molar-refractivity contribution >= 4 is 29.1 Å². The van der Waals surface area contributed by atoms with Gasteiger partial charge in [-0.1, -0.05) is 31.5 Å². The zero-order valence-electron chi connectivity index (χ0n) is 12.6. The van der Waals surface area contributed by atoms with Crippen LogP contribution in [0.1, 0.15) is 35.8 Å². The highest BCUT2D eigenvalue weighted by Crippen LogP contribution is 2.35. The lowest BCUT2D eigenvalue weighted by molar-refractivity contribution is 0.0697. The molecule has 116 valence electrons. The van der Waals surface area contributed by atoms with Crippen LogP contribution in [-0.2, 0) is 0 Å². The predicted octanol–water partition coefficient (Wildman–Crippen LogP) is 4.31. The lowest BCUT2D eigenvalue weighted by Crippen LogP contribution is -2.08. The summed E-state index contributed by atoms with van der Waals surface area (Å²) < 4.78 is 5.26. The number of benzene rings is 1. The van der Waals surface area contributed by atoms with Gasteiger partial charge in [0.15, 0.2) is 5.75 Å². The Morgan fingerprint density at radius 3 is 2.64 bits per heavy atom. The van der Waals surface area contributed by atoms with E-state index in [4.69, 9.17) is 16.3 Å². The smallest absolute Gasteiger partial charge is 0.339 e. The molecule has 1 heterocycles. The van der Waals surface area contributed by atoms with Gasteiger partial charge >= 0.3 is 5.97 Å². The van der Waals surface area contributed by atoms with Crippen molar-refractivity contribution in [3.63, 3.8) is 0 Å². The van der Waals surface area contributed by atoms with E-state index >= 15 is 0 Å². The van der Waals surface area contributed by atoms with Crippen molar-refractivity contribution in [2.24, 2.45) is 0 Å². The molecule has 0 radical (unpaired) electrons. The molecule has 0 aliphatic rings. The fourth-order valence-electron chi connectivity index (χ4n) is 2.01. The van der Waals surface area contributed by atoms with Crippen LogP contribution in [-0.4, -0.2) is 23.2 Å². The minimum absolute atomic E-state index is 0.0893. The summed E-state index contributed by atoms with van der Waals surface area (Å²) in [7, 11) is 1.50. The standard InChI is InChI=1S/C16H17ClN2O3/c1-9(2)12-8-7-10(16(20)21)15(18-12)19-13-6-4-5-11(17)14(13)22-3/h4-9H,1-3H3,(H,18,19)(H,20,21). The molecular formula is C16H17ClN2O3. The summed E-state index contributed by atoms with van der Waals surface area (Å²) in [5.74, 6) is -0.160. The first kappa shape index (κ1) is 16.1. The van der Waals surface area contributed by atoms with Crippen LogP contribution >= 0.6 is 11.6 Å². The van der Waals surface area contributed by atoms with Crippen LogP contribution in [0.5, 0.6) is 5.75 Å². The number of para-hydroxylation sites is 1. The van der Waals surface area contributed by atoms with Crippen LogP contribution in [0.3, 0.4) is 0 Å². The van der Waals surface area contributed by atoms with E-state index in [0.717, 1.165) is 5.69 Å². The Hall–Kier alpha value is -2.27. The van der Waals surface area contributed by atoms with Gasteiger partial charge in [0.25, 0.3) is 0 Å². The van der Waals surface area contributed by atoms with Gasteiger partial charge in [-0.2, -0.15) is 0 Å². The number of halogens is 1. The van der Waals surface area contributed by atoms with E-state index in [1.54, 1.807) is 30.3 Å². The molecule has 22 heavy (non-hydrogen) atoms. The van der Waals surface area contributed by atoms with E-state index in [1.165, 1.54) is 7.11 Å². The van der Waals surface area contributed by atoms with E-state index in [-0.39, 0.29) is 17.3 Å². The Morgan fingerprint density at radius 1 is 1.32 bits per heavy atom. The molecule has 0 fully saturated rings. The second-order valence-electron chi connectivity index (χ2n) is 5.04. The minimum Gasteiger partial charge on any atom is -0.493 e. The molecule has 0 spiro atoms. The zero-order valence-corrected chi connectivity index (χ0v) is 13.3. The molecule has 0 aliphatic carbocycles. The molecule has 1 aromatic carbocycles. The van der Waals surface area contributed by atoms with Gasteiger partial charge in [0.1, 0.15) is 11.4 Å². The number of carboxylic acid groups (broad SMARTS) is 1. The highest BCUT2D eigenvalue weighted by Gasteiger charge is 2.16. The number of pyridine rings is 1. The molecule has 0 amide bonds. The van der Waals surface area contributed by atoms with Gasteiger partial charge in [0.05, 0.1) is 17.8 Å². The first-order valence-corrected chi connectivity index (χ1v) is 7.15. The number of anilines is 2. The molecule has 2 aromatic rings. The quantitative estimate of drug-likeness (QED) is 0.859. The van der Waals surface area contributed by atoms with Crippen LogP contribution in [0, 0.1) is 0 Å². The maximum absolute atomic E-state index is 11.4. The molecular weight excluding hydrogens is 304 g/mol. The van der Waals surface area contributed by atoms with Crippen LogP contribution in [0.4, 0.5) is 11.5 Å². The second-order valence-corrected chi connectivity index (χ2v) is 5.44. The highest BCUT2D eigenvalue weighted by molar-refractivity contribution is 6.32. The van der Waals surface area contributed by atoms with E-state index in [9.17, 15) is 9.90 Å². The number of ether oxygens (including phenoxy) is 1. The normalized spacial score (nSPS) is 10.6. The number of carboxylic acids is 1. The van der Waals surface area contributed by atoms with Gasteiger partial charge in [-0.3, -0.25) is 0 Å².